The predicted octanol–water partition coefficient (Wildman–Crippen LogP) is 1.74. The van der Waals surface area contributed by atoms with Crippen molar-refractivity contribution in [2.24, 2.45) is 5.73 Å². The van der Waals surface area contributed by atoms with Gasteiger partial charge in [0.15, 0.2) is 0 Å². The van der Waals surface area contributed by atoms with Gasteiger partial charge in [0.05, 0.1) is 6.61 Å². The number of ether oxygens (including phenoxy) is 1. The molecule has 3 rings (SSSR count). The van der Waals surface area contributed by atoms with E-state index in [0.29, 0.717) is 24.9 Å². The molecule has 0 radical (unpaired) electrons. The summed E-state index contributed by atoms with van der Waals surface area (Å²) in [7, 11) is 1.84. The Kier molecular flexibility index (Phi) is 6.58. The Morgan fingerprint density at radius 1 is 1.43 bits per heavy atom. The first-order valence-electron chi connectivity index (χ1n) is 9.45. The first-order valence-corrected chi connectivity index (χ1v) is 9.45. The van der Waals surface area contributed by atoms with Crippen LogP contribution in [0.5, 0.6) is 0 Å². The van der Waals surface area contributed by atoms with Crippen LogP contribution in [0.15, 0.2) is 18.2 Å². The smallest absolute Gasteiger partial charge is 0.265 e. The van der Waals surface area contributed by atoms with E-state index >= 15 is 0 Å². The number of rotatable bonds is 7. The number of benzene rings is 1. The SMILES string of the molecule is CN(C1CCC1)[C@@H](CN)C(=O)Nc1ccc(N2CCOCC2=O)cc1C(F)F. The van der Waals surface area contributed by atoms with Crippen LogP contribution < -0.4 is 16.0 Å². The molecule has 0 spiro atoms. The van der Waals surface area contributed by atoms with Crippen LogP contribution in [-0.2, 0) is 14.3 Å². The topological polar surface area (TPSA) is 87.9 Å². The van der Waals surface area contributed by atoms with E-state index < -0.39 is 18.4 Å². The van der Waals surface area contributed by atoms with Gasteiger partial charge in [0.2, 0.25) is 5.91 Å². The summed E-state index contributed by atoms with van der Waals surface area (Å²) >= 11 is 0. The molecule has 154 valence electrons. The van der Waals surface area contributed by atoms with E-state index in [1.54, 1.807) is 6.07 Å². The van der Waals surface area contributed by atoms with Gasteiger partial charge in [-0.3, -0.25) is 14.5 Å². The van der Waals surface area contributed by atoms with E-state index in [4.69, 9.17) is 10.5 Å². The Morgan fingerprint density at radius 2 is 2.18 bits per heavy atom. The molecular formula is C19H26F2N4O3. The maximum atomic E-state index is 13.6. The number of hydrogen-bond donors (Lipinski definition) is 2. The highest BCUT2D eigenvalue weighted by Crippen LogP contribution is 2.32. The fourth-order valence-corrected chi connectivity index (χ4v) is 3.53. The van der Waals surface area contributed by atoms with E-state index in [-0.39, 0.29) is 30.3 Å². The van der Waals surface area contributed by atoms with Gasteiger partial charge in [-0.1, -0.05) is 6.42 Å². The number of amides is 2. The second kappa shape index (κ2) is 8.93. The van der Waals surface area contributed by atoms with Crippen molar-refractivity contribution in [2.75, 3.05) is 43.6 Å². The van der Waals surface area contributed by atoms with Crippen LogP contribution in [-0.4, -0.2) is 62.1 Å². The van der Waals surface area contributed by atoms with E-state index in [0.717, 1.165) is 19.3 Å². The molecule has 2 fully saturated rings. The van der Waals surface area contributed by atoms with E-state index in [2.05, 4.69) is 5.32 Å². The second-order valence-electron chi connectivity index (χ2n) is 7.16. The number of nitrogens with two attached hydrogens (primary N) is 1. The zero-order chi connectivity index (χ0) is 20.3. The first-order chi connectivity index (χ1) is 13.4. The van der Waals surface area contributed by atoms with Crippen molar-refractivity contribution in [3.63, 3.8) is 0 Å². The molecular weight excluding hydrogens is 370 g/mol. The zero-order valence-corrected chi connectivity index (χ0v) is 15.9. The number of carbonyl (C=O) groups is 2. The summed E-state index contributed by atoms with van der Waals surface area (Å²) in [6.45, 7) is 0.673. The average Bonchev–Trinajstić information content (AvgIpc) is 2.61. The molecule has 1 aromatic rings. The molecule has 0 unspecified atom stereocenters. The maximum absolute atomic E-state index is 13.6. The van der Waals surface area contributed by atoms with Gasteiger partial charge in [0, 0.05) is 36.1 Å². The fourth-order valence-electron chi connectivity index (χ4n) is 3.53. The minimum atomic E-state index is -2.80. The number of halogens is 2. The van der Waals surface area contributed by atoms with Crippen molar-refractivity contribution in [2.45, 2.75) is 37.8 Å². The van der Waals surface area contributed by atoms with Crippen LogP contribution in [0.4, 0.5) is 20.2 Å². The molecule has 1 atom stereocenters. The van der Waals surface area contributed by atoms with Crippen molar-refractivity contribution in [3.05, 3.63) is 23.8 Å². The number of hydrogen-bond acceptors (Lipinski definition) is 5. The van der Waals surface area contributed by atoms with Gasteiger partial charge in [0.1, 0.15) is 12.6 Å². The number of anilines is 2. The Labute approximate surface area is 162 Å². The molecule has 1 aromatic carbocycles. The Balaban J connectivity index is 1.78. The Hall–Kier alpha value is -2.10. The van der Waals surface area contributed by atoms with Crippen molar-refractivity contribution in [3.8, 4) is 0 Å². The molecule has 1 saturated carbocycles. The summed E-state index contributed by atoms with van der Waals surface area (Å²) in [5.41, 5.74) is 5.84. The lowest BCUT2D eigenvalue weighted by Crippen LogP contribution is -2.52. The highest BCUT2D eigenvalue weighted by molar-refractivity contribution is 5.97. The molecule has 2 aliphatic rings. The van der Waals surface area contributed by atoms with Gasteiger partial charge >= 0.3 is 0 Å². The largest absolute Gasteiger partial charge is 0.370 e. The van der Waals surface area contributed by atoms with Crippen molar-refractivity contribution in [1.29, 1.82) is 0 Å². The quantitative estimate of drug-likeness (QED) is 0.733. The number of carbonyl (C=O) groups excluding carboxylic acids is 2. The highest BCUT2D eigenvalue weighted by Gasteiger charge is 2.31. The maximum Gasteiger partial charge on any atom is 0.265 e. The molecule has 7 nitrogen and oxygen atoms in total. The molecule has 1 aliphatic carbocycles. The number of morpholine rings is 1. The highest BCUT2D eigenvalue weighted by atomic mass is 19.3. The summed E-state index contributed by atoms with van der Waals surface area (Å²) in [5.74, 6) is -0.692. The molecule has 2 amide bonds. The molecule has 3 N–H and O–H groups in total. The number of alkyl halides is 2. The molecule has 9 heteroatoms. The van der Waals surface area contributed by atoms with Crippen LogP contribution in [0.2, 0.25) is 0 Å². The minimum absolute atomic E-state index is 0.0323. The Morgan fingerprint density at radius 3 is 2.75 bits per heavy atom. The number of likely N-dealkylation sites (N-methyl/N-ethyl adjacent to an activating group) is 1. The summed E-state index contributed by atoms with van der Waals surface area (Å²) in [6, 6.07) is 3.92. The van der Waals surface area contributed by atoms with E-state index in [9.17, 15) is 18.4 Å². The third-order valence-electron chi connectivity index (χ3n) is 5.49. The lowest BCUT2D eigenvalue weighted by atomic mass is 9.90. The van der Waals surface area contributed by atoms with E-state index in [1.165, 1.54) is 17.0 Å². The molecule has 28 heavy (non-hydrogen) atoms. The van der Waals surface area contributed by atoms with Gasteiger partial charge in [-0.2, -0.15) is 0 Å². The van der Waals surface area contributed by atoms with Crippen LogP contribution in [0.1, 0.15) is 31.3 Å². The normalized spacial score (nSPS) is 19.1. The zero-order valence-electron chi connectivity index (χ0n) is 15.9. The van der Waals surface area contributed by atoms with Crippen LogP contribution >= 0.6 is 0 Å². The lowest BCUT2D eigenvalue weighted by molar-refractivity contribution is -0.125. The molecule has 0 bridgehead atoms. The fraction of sp³-hybridized carbons (Fsp3) is 0.579. The number of nitrogens with one attached hydrogen (secondary N) is 1. The van der Waals surface area contributed by atoms with Crippen LogP contribution in [0.25, 0.3) is 0 Å². The predicted molar refractivity (Wildman–Crippen MR) is 101 cm³/mol. The summed E-state index contributed by atoms with van der Waals surface area (Å²) in [5, 5.41) is 2.60. The van der Waals surface area contributed by atoms with Crippen molar-refractivity contribution < 1.29 is 23.1 Å². The first kappa shape index (κ1) is 20.6. The molecule has 1 heterocycles. The molecule has 1 saturated heterocycles. The van der Waals surface area contributed by atoms with Gasteiger partial charge in [-0.25, -0.2) is 8.78 Å². The van der Waals surface area contributed by atoms with Crippen molar-refractivity contribution >= 4 is 23.2 Å². The average molecular weight is 396 g/mol. The number of nitrogens with zero attached hydrogens (tertiary/aromatic N) is 2. The third kappa shape index (κ3) is 4.31. The third-order valence-corrected chi connectivity index (χ3v) is 5.49. The van der Waals surface area contributed by atoms with Crippen LogP contribution in [0, 0.1) is 0 Å². The lowest BCUT2D eigenvalue weighted by Gasteiger charge is -2.38. The Bertz CT molecular complexity index is 727. The molecule has 0 aromatic heterocycles. The van der Waals surface area contributed by atoms with Crippen LogP contribution in [0.3, 0.4) is 0 Å². The van der Waals surface area contributed by atoms with Gasteiger partial charge in [0.25, 0.3) is 12.3 Å². The standard InChI is InChI=1S/C19H26F2N4O3/c1-24(12-3-2-4-12)16(10-22)19(27)23-15-6-5-13(9-14(15)18(20)21)25-7-8-28-11-17(25)26/h5-6,9,12,16,18H,2-4,7-8,10-11,22H2,1H3,(H,23,27)/t16-/m0/s1. The second-order valence-corrected chi connectivity index (χ2v) is 7.16. The van der Waals surface area contributed by atoms with E-state index in [1.807, 2.05) is 11.9 Å². The van der Waals surface area contributed by atoms with Gasteiger partial charge < -0.3 is 20.7 Å². The summed E-state index contributed by atoms with van der Waals surface area (Å²) < 4.78 is 32.4. The minimum Gasteiger partial charge on any atom is -0.370 e. The van der Waals surface area contributed by atoms with Gasteiger partial charge in [-0.05, 0) is 38.1 Å². The van der Waals surface area contributed by atoms with Gasteiger partial charge in [-0.15, -0.1) is 0 Å². The summed E-state index contributed by atoms with van der Waals surface area (Å²) in [6.07, 6.45) is 0.327. The summed E-state index contributed by atoms with van der Waals surface area (Å²) in [4.78, 5) is 28.0. The van der Waals surface area contributed by atoms with Crippen molar-refractivity contribution in [1.82, 2.24) is 4.90 Å². The molecule has 1 aliphatic heterocycles. The monoisotopic (exact) mass is 396 g/mol.